The minimum atomic E-state index is -0.00460. The van der Waals surface area contributed by atoms with Crippen molar-refractivity contribution < 1.29 is 4.79 Å². The van der Waals surface area contributed by atoms with Crippen molar-refractivity contribution in [1.29, 1.82) is 0 Å². The molecule has 0 spiro atoms. The van der Waals surface area contributed by atoms with Crippen LogP contribution in [-0.4, -0.2) is 36.5 Å². The molecule has 114 valence electrons. The number of hydrogen-bond donors (Lipinski definition) is 1. The molecule has 3 heteroatoms. The van der Waals surface area contributed by atoms with Crippen molar-refractivity contribution in [2.24, 2.45) is 5.92 Å². The Labute approximate surface area is 127 Å². The van der Waals surface area contributed by atoms with E-state index in [4.69, 9.17) is 0 Å². The Morgan fingerprint density at radius 3 is 2.76 bits per heavy atom. The highest BCUT2D eigenvalue weighted by Gasteiger charge is 2.38. The standard InChI is InChI=1S/C18H26N2O/c1-18(2,3)15-9-5-4-8-14(15)17(21)20-10-6-7-13-11-19-12-16(13)20/h4-5,8-9,13,16,19H,6-7,10-12H2,1-3H3. The van der Waals surface area contributed by atoms with Crippen LogP contribution in [0, 0.1) is 5.92 Å². The number of carbonyl (C=O) groups is 1. The van der Waals surface area contributed by atoms with Crippen LogP contribution in [-0.2, 0) is 5.41 Å². The molecule has 2 aliphatic rings. The number of nitrogens with one attached hydrogen (secondary N) is 1. The van der Waals surface area contributed by atoms with Gasteiger partial charge in [0.25, 0.3) is 5.91 Å². The first-order valence-corrected chi connectivity index (χ1v) is 8.09. The van der Waals surface area contributed by atoms with Crippen LogP contribution >= 0.6 is 0 Å². The van der Waals surface area contributed by atoms with E-state index in [-0.39, 0.29) is 11.3 Å². The van der Waals surface area contributed by atoms with E-state index >= 15 is 0 Å². The number of carbonyl (C=O) groups excluding carboxylic acids is 1. The average molecular weight is 286 g/mol. The average Bonchev–Trinajstić information content (AvgIpc) is 2.94. The van der Waals surface area contributed by atoms with Crippen LogP contribution in [0.4, 0.5) is 0 Å². The molecule has 2 aliphatic heterocycles. The van der Waals surface area contributed by atoms with Gasteiger partial charge in [-0.1, -0.05) is 39.0 Å². The van der Waals surface area contributed by atoms with E-state index in [0.29, 0.717) is 12.0 Å². The highest BCUT2D eigenvalue weighted by Crippen LogP contribution is 2.31. The molecule has 0 bridgehead atoms. The lowest BCUT2D eigenvalue weighted by Gasteiger charge is -2.38. The quantitative estimate of drug-likeness (QED) is 0.861. The van der Waals surface area contributed by atoms with E-state index in [9.17, 15) is 4.79 Å². The summed E-state index contributed by atoms with van der Waals surface area (Å²) in [5.41, 5.74) is 2.04. The molecule has 2 atom stereocenters. The van der Waals surface area contributed by atoms with Gasteiger partial charge in [-0.15, -0.1) is 0 Å². The van der Waals surface area contributed by atoms with Gasteiger partial charge in [0.15, 0.2) is 0 Å². The second-order valence-corrected chi connectivity index (χ2v) is 7.42. The predicted molar refractivity (Wildman–Crippen MR) is 85.6 cm³/mol. The van der Waals surface area contributed by atoms with Crippen LogP contribution in [0.5, 0.6) is 0 Å². The number of piperidine rings is 1. The number of nitrogens with zero attached hydrogens (tertiary/aromatic N) is 1. The van der Waals surface area contributed by atoms with Crippen LogP contribution in [0.3, 0.4) is 0 Å². The maximum Gasteiger partial charge on any atom is 0.254 e. The van der Waals surface area contributed by atoms with Gasteiger partial charge >= 0.3 is 0 Å². The number of fused-ring (bicyclic) bond motifs is 1. The minimum absolute atomic E-state index is 0.00460. The second kappa shape index (κ2) is 5.45. The monoisotopic (exact) mass is 286 g/mol. The third-order valence-electron chi connectivity index (χ3n) is 4.90. The Morgan fingerprint density at radius 1 is 1.24 bits per heavy atom. The van der Waals surface area contributed by atoms with Gasteiger partial charge in [-0.2, -0.15) is 0 Å². The molecule has 2 saturated heterocycles. The minimum Gasteiger partial charge on any atom is -0.334 e. The zero-order valence-corrected chi connectivity index (χ0v) is 13.4. The van der Waals surface area contributed by atoms with Crippen molar-refractivity contribution >= 4 is 5.91 Å². The van der Waals surface area contributed by atoms with Crippen LogP contribution in [0.15, 0.2) is 24.3 Å². The molecule has 1 amide bonds. The van der Waals surface area contributed by atoms with E-state index < -0.39 is 0 Å². The van der Waals surface area contributed by atoms with Gasteiger partial charge in [-0.25, -0.2) is 0 Å². The highest BCUT2D eigenvalue weighted by atomic mass is 16.2. The molecule has 21 heavy (non-hydrogen) atoms. The first-order chi connectivity index (χ1) is 9.98. The smallest absolute Gasteiger partial charge is 0.254 e. The van der Waals surface area contributed by atoms with Gasteiger partial charge in [0.1, 0.15) is 0 Å². The fourth-order valence-electron chi connectivity index (χ4n) is 3.80. The zero-order chi connectivity index (χ0) is 15.0. The Balaban J connectivity index is 1.92. The van der Waals surface area contributed by atoms with Crippen molar-refractivity contribution in [3.63, 3.8) is 0 Å². The molecular weight excluding hydrogens is 260 g/mol. The van der Waals surface area contributed by atoms with Gasteiger partial charge < -0.3 is 10.2 Å². The summed E-state index contributed by atoms with van der Waals surface area (Å²) in [5.74, 6) is 0.864. The summed E-state index contributed by atoms with van der Waals surface area (Å²) >= 11 is 0. The van der Waals surface area contributed by atoms with E-state index in [1.54, 1.807) is 0 Å². The molecular formula is C18H26N2O. The molecule has 3 rings (SSSR count). The molecule has 1 N–H and O–H groups in total. The Hall–Kier alpha value is -1.35. The van der Waals surface area contributed by atoms with Gasteiger partial charge in [0.2, 0.25) is 0 Å². The molecule has 0 aliphatic carbocycles. The van der Waals surface area contributed by atoms with Crippen LogP contribution < -0.4 is 5.32 Å². The third kappa shape index (κ3) is 2.71. The summed E-state index contributed by atoms with van der Waals surface area (Å²) < 4.78 is 0. The second-order valence-electron chi connectivity index (χ2n) is 7.42. The first-order valence-electron chi connectivity index (χ1n) is 8.09. The number of hydrogen-bond acceptors (Lipinski definition) is 2. The maximum absolute atomic E-state index is 13.1. The molecule has 2 fully saturated rings. The normalized spacial score (nSPS) is 25.8. The SMILES string of the molecule is CC(C)(C)c1ccccc1C(=O)N1CCCC2CNCC21. The van der Waals surface area contributed by atoms with Crippen LogP contribution in [0.1, 0.15) is 49.5 Å². The molecule has 1 aromatic carbocycles. The lowest BCUT2D eigenvalue weighted by Crippen LogP contribution is -2.48. The van der Waals surface area contributed by atoms with E-state index in [1.165, 1.54) is 6.42 Å². The summed E-state index contributed by atoms with van der Waals surface area (Å²) in [6, 6.07) is 8.50. The van der Waals surface area contributed by atoms with Gasteiger partial charge in [-0.05, 0) is 35.8 Å². The summed E-state index contributed by atoms with van der Waals surface area (Å²) in [5, 5.41) is 3.45. The van der Waals surface area contributed by atoms with Crippen molar-refractivity contribution in [2.75, 3.05) is 19.6 Å². The molecule has 3 nitrogen and oxygen atoms in total. The summed E-state index contributed by atoms with van der Waals surface area (Å²) in [4.78, 5) is 15.2. The topological polar surface area (TPSA) is 32.3 Å². The van der Waals surface area contributed by atoms with Crippen molar-refractivity contribution in [3.8, 4) is 0 Å². The Kier molecular flexibility index (Phi) is 3.78. The Bertz CT molecular complexity index is 532. The Morgan fingerprint density at radius 2 is 2.00 bits per heavy atom. The maximum atomic E-state index is 13.1. The van der Waals surface area contributed by atoms with Crippen molar-refractivity contribution in [2.45, 2.75) is 45.1 Å². The number of rotatable bonds is 1. The van der Waals surface area contributed by atoms with Gasteiger partial charge in [-0.3, -0.25) is 4.79 Å². The summed E-state index contributed by atoms with van der Waals surface area (Å²) in [6.45, 7) is 9.45. The van der Waals surface area contributed by atoms with Crippen molar-refractivity contribution in [3.05, 3.63) is 35.4 Å². The predicted octanol–water partition coefficient (Wildman–Crippen LogP) is 2.81. The molecule has 1 aromatic rings. The van der Waals surface area contributed by atoms with Gasteiger partial charge in [0.05, 0.1) is 0 Å². The van der Waals surface area contributed by atoms with E-state index in [2.05, 4.69) is 37.1 Å². The largest absolute Gasteiger partial charge is 0.334 e. The lowest BCUT2D eigenvalue weighted by molar-refractivity contribution is 0.0572. The third-order valence-corrected chi connectivity index (χ3v) is 4.90. The van der Waals surface area contributed by atoms with Gasteiger partial charge in [0, 0.05) is 31.2 Å². The molecule has 2 unspecified atom stereocenters. The fourth-order valence-corrected chi connectivity index (χ4v) is 3.80. The molecule has 0 aromatic heterocycles. The number of likely N-dealkylation sites (tertiary alicyclic amines) is 1. The summed E-state index contributed by atoms with van der Waals surface area (Å²) in [7, 11) is 0. The number of benzene rings is 1. The molecule has 0 saturated carbocycles. The fraction of sp³-hybridized carbons (Fsp3) is 0.611. The van der Waals surface area contributed by atoms with Crippen molar-refractivity contribution in [1.82, 2.24) is 10.2 Å². The lowest BCUT2D eigenvalue weighted by atomic mass is 9.83. The molecule has 2 heterocycles. The highest BCUT2D eigenvalue weighted by molar-refractivity contribution is 5.96. The first kappa shape index (κ1) is 14.6. The zero-order valence-electron chi connectivity index (χ0n) is 13.4. The van der Waals surface area contributed by atoms with Crippen LogP contribution in [0.2, 0.25) is 0 Å². The summed E-state index contributed by atoms with van der Waals surface area (Å²) in [6.07, 6.45) is 2.38. The van der Waals surface area contributed by atoms with Crippen LogP contribution in [0.25, 0.3) is 0 Å². The van der Waals surface area contributed by atoms with E-state index in [1.807, 2.05) is 18.2 Å². The van der Waals surface area contributed by atoms with E-state index in [0.717, 1.165) is 37.2 Å². The number of amides is 1. The molecule has 0 radical (unpaired) electrons.